The summed E-state index contributed by atoms with van der Waals surface area (Å²) in [7, 11) is 1.73. The fraction of sp³-hybridized carbons (Fsp3) is 0.917. The van der Waals surface area contributed by atoms with Gasteiger partial charge in [-0.1, -0.05) is 76.9 Å². The molecule has 0 aromatic rings. The summed E-state index contributed by atoms with van der Waals surface area (Å²) < 4.78 is 27.5. The van der Waals surface area contributed by atoms with Crippen molar-refractivity contribution >= 4 is 7.82 Å². The number of aliphatic hydroxyl groups is 1. The number of ether oxygens (including phenoxy) is 1. The van der Waals surface area contributed by atoms with Gasteiger partial charge < -0.3 is 19.2 Å². The lowest BCUT2D eigenvalue weighted by molar-refractivity contribution is -0.870. The van der Waals surface area contributed by atoms with Gasteiger partial charge in [0.1, 0.15) is 19.3 Å². The third kappa shape index (κ3) is 24.4. The first-order valence-corrected chi connectivity index (χ1v) is 14.0. The van der Waals surface area contributed by atoms with Crippen molar-refractivity contribution in [3.8, 4) is 0 Å². The van der Waals surface area contributed by atoms with Crippen LogP contribution in [0.4, 0.5) is 0 Å². The maximum Gasteiger partial charge on any atom is 0.472 e. The molecule has 0 spiro atoms. The van der Waals surface area contributed by atoms with Crippen LogP contribution in [0.5, 0.6) is 0 Å². The Kier molecular flexibility index (Phi) is 20.0. The molecule has 1 unspecified atom stereocenters. The smallest absolute Gasteiger partial charge is 0.388 e. The molecule has 0 aliphatic rings. The summed E-state index contributed by atoms with van der Waals surface area (Å²) >= 11 is 0. The predicted octanol–water partition coefficient (Wildman–Crippen LogP) is 5.46. The quantitative estimate of drug-likeness (QED) is 0.0874. The fourth-order valence-electron chi connectivity index (χ4n) is 3.05. The van der Waals surface area contributed by atoms with Crippen molar-refractivity contribution in [3.63, 3.8) is 0 Å². The topological polar surface area (TPSA) is 85.2 Å². The number of hydrogen-bond donors (Lipinski definition) is 2. The first-order valence-electron chi connectivity index (χ1n) is 12.5. The van der Waals surface area contributed by atoms with Crippen molar-refractivity contribution in [1.82, 2.24) is 0 Å². The molecule has 2 atom stereocenters. The second-order valence-electron chi connectivity index (χ2n) is 9.57. The number of nitrogens with zero attached hydrogens (tertiary/aromatic N) is 1. The molecule has 0 radical (unpaired) electrons. The van der Waals surface area contributed by atoms with Crippen LogP contribution in [-0.2, 0) is 18.3 Å². The van der Waals surface area contributed by atoms with E-state index in [0.717, 1.165) is 12.8 Å². The van der Waals surface area contributed by atoms with Crippen LogP contribution in [0, 0.1) is 0 Å². The first kappa shape index (κ1) is 31.7. The number of rotatable bonds is 23. The lowest BCUT2D eigenvalue weighted by Gasteiger charge is -2.24. The van der Waals surface area contributed by atoms with Crippen LogP contribution >= 0.6 is 7.82 Å². The summed E-state index contributed by atoms with van der Waals surface area (Å²) in [5.41, 5.74) is 0. The number of aliphatic hydroxyl groups excluding tert-OH is 1. The molecule has 0 aromatic heterocycles. The summed E-state index contributed by atoms with van der Waals surface area (Å²) in [6.45, 7) is 3.20. The number of hydrogen-bond acceptors (Lipinski definition) is 5. The van der Waals surface area contributed by atoms with Gasteiger partial charge in [0, 0.05) is 0 Å². The molecular weight excluding hydrogens is 429 g/mol. The molecule has 0 fully saturated rings. The molecule has 2 N–H and O–H groups in total. The van der Waals surface area contributed by atoms with Crippen molar-refractivity contribution in [2.75, 3.05) is 54.1 Å². The Morgan fingerprint density at radius 3 is 1.97 bits per heavy atom. The van der Waals surface area contributed by atoms with Gasteiger partial charge in [0.05, 0.1) is 41.0 Å². The Hall–Kier alpha value is -0.270. The maximum atomic E-state index is 11.8. The molecule has 0 aliphatic carbocycles. The van der Waals surface area contributed by atoms with Crippen molar-refractivity contribution in [1.29, 1.82) is 0 Å². The van der Waals surface area contributed by atoms with Gasteiger partial charge >= 0.3 is 7.82 Å². The van der Waals surface area contributed by atoms with E-state index in [9.17, 15) is 14.6 Å². The highest BCUT2D eigenvalue weighted by Gasteiger charge is 2.24. The Balaban J connectivity index is 3.50. The first-order chi connectivity index (χ1) is 15.2. The third-order valence-corrected chi connectivity index (χ3v) is 6.06. The molecule has 0 rings (SSSR count). The molecule has 0 amide bonds. The van der Waals surface area contributed by atoms with Gasteiger partial charge in [-0.05, 0) is 19.3 Å². The number of likely N-dealkylation sites (N-methyl/N-ethyl adjacent to an activating group) is 1. The van der Waals surface area contributed by atoms with Crippen LogP contribution in [0.2, 0.25) is 0 Å². The monoisotopic (exact) mass is 480 g/mol. The SMILES string of the molecule is CCCCCCCCCCCCC=CCCOC[C@H](O)COP(=O)(O)OCC[N+](C)(C)C. The number of allylic oxidation sites excluding steroid dienone is 1. The van der Waals surface area contributed by atoms with Crippen molar-refractivity contribution in [2.24, 2.45) is 0 Å². The Morgan fingerprint density at radius 2 is 1.38 bits per heavy atom. The number of phosphoric acid groups is 1. The van der Waals surface area contributed by atoms with Gasteiger partial charge in [-0.3, -0.25) is 9.05 Å². The Morgan fingerprint density at radius 1 is 0.812 bits per heavy atom. The summed E-state index contributed by atoms with van der Waals surface area (Å²) in [6.07, 6.45) is 18.8. The van der Waals surface area contributed by atoms with Crippen LogP contribution in [0.3, 0.4) is 0 Å². The van der Waals surface area contributed by atoms with E-state index in [2.05, 4.69) is 19.1 Å². The van der Waals surface area contributed by atoms with E-state index in [1.54, 1.807) is 0 Å². The molecule has 8 heteroatoms. The van der Waals surface area contributed by atoms with E-state index in [4.69, 9.17) is 13.8 Å². The third-order valence-electron chi connectivity index (χ3n) is 5.08. The summed E-state index contributed by atoms with van der Waals surface area (Å²) in [6, 6.07) is 0. The summed E-state index contributed by atoms with van der Waals surface area (Å²) in [4.78, 5) is 9.62. The average molecular weight is 481 g/mol. The van der Waals surface area contributed by atoms with Gasteiger partial charge in [0.25, 0.3) is 0 Å². The number of unbranched alkanes of at least 4 members (excludes halogenated alkanes) is 10. The van der Waals surface area contributed by atoms with Crippen LogP contribution in [0.25, 0.3) is 0 Å². The Bertz CT molecular complexity index is 495. The predicted molar refractivity (Wildman–Crippen MR) is 132 cm³/mol. The highest BCUT2D eigenvalue weighted by Crippen LogP contribution is 2.43. The van der Waals surface area contributed by atoms with E-state index in [1.165, 1.54) is 64.2 Å². The molecule has 7 nitrogen and oxygen atoms in total. The van der Waals surface area contributed by atoms with Gasteiger partial charge in [-0.25, -0.2) is 4.57 Å². The molecule has 0 aliphatic heterocycles. The van der Waals surface area contributed by atoms with Crippen LogP contribution in [-0.4, -0.2) is 74.7 Å². The zero-order chi connectivity index (χ0) is 24.1. The minimum Gasteiger partial charge on any atom is -0.388 e. The molecule has 32 heavy (non-hydrogen) atoms. The normalized spacial score (nSPS) is 15.3. The van der Waals surface area contributed by atoms with E-state index >= 15 is 0 Å². The van der Waals surface area contributed by atoms with Gasteiger partial charge in [-0.15, -0.1) is 0 Å². The van der Waals surface area contributed by atoms with E-state index in [1.807, 2.05) is 21.1 Å². The molecule has 0 aromatic carbocycles. The molecular formula is C24H51NO6P+. The van der Waals surface area contributed by atoms with E-state index < -0.39 is 13.9 Å². The minimum absolute atomic E-state index is 0.0607. The van der Waals surface area contributed by atoms with Gasteiger partial charge in [0.2, 0.25) is 0 Å². The second kappa shape index (κ2) is 20.1. The summed E-state index contributed by atoms with van der Waals surface area (Å²) in [5.74, 6) is 0. The zero-order valence-electron chi connectivity index (χ0n) is 21.2. The number of quaternary nitrogens is 1. The molecule has 0 saturated carbocycles. The zero-order valence-corrected chi connectivity index (χ0v) is 22.1. The second-order valence-corrected chi connectivity index (χ2v) is 11.0. The standard InChI is InChI=1S/C24H50NO6P/c1-5-6-7-8-9-10-11-12-13-14-15-16-17-18-20-29-22-24(26)23-31-32(27,28)30-21-19-25(2,3)4/h16-17,24,26H,5-15,18-23H2,1-4H3/p+1/t24-/m0/s1. The lowest BCUT2D eigenvalue weighted by Crippen LogP contribution is -2.37. The van der Waals surface area contributed by atoms with E-state index in [-0.39, 0.29) is 19.8 Å². The molecule has 0 bridgehead atoms. The van der Waals surface area contributed by atoms with Crippen LogP contribution in [0.1, 0.15) is 84.0 Å². The maximum absolute atomic E-state index is 11.8. The van der Waals surface area contributed by atoms with Crippen molar-refractivity contribution in [3.05, 3.63) is 12.2 Å². The highest BCUT2D eigenvalue weighted by atomic mass is 31.2. The van der Waals surface area contributed by atoms with Crippen molar-refractivity contribution in [2.45, 2.75) is 90.1 Å². The molecule has 192 valence electrons. The fourth-order valence-corrected chi connectivity index (χ4v) is 3.80. The highest BCUT2D eigenvalue weighted by molar-refractivity contribution is 7.47. The van der Waals surface area contributed by atoms with Crippen LogP contribution < -0.4 is 0 Å². The minimum atomic E-state index is -4.15. The van der Waals surface area contributed by atoms with Gasteiger partial charge in [0.15, 0.2) is 0 Å². The molecule has 0 heterocycles. The molecule has 0 saturated heterocycles. The largest absolute Gasteiger partial charge is 0.472 e. The van der Waals surface area contributed by atoms with E-state index in [0.29, 0.717) is 17.6 Å². The summed E-state index contributed by atoms with van der Waals surface area (Å²) in [5, 5.41) is 9.82. The number of phosphoric ester groups is 1. The average Bonchev–Trinajstić information content (AvgIpc) is 2.71. The van der Waals surface area contributed by atoms with Crippen LogP contribution in [0.15, 0.2) is 12.2 Å². The lowest BCUT2D eigenvalue weighted by atomic mass is 10.1. The van der Waals surface area contributed by atoms with Crippen molar-refractivity contribution < 1.29 is 32.8 Å². The van der Waals surface area contributed by atoms with Gasteiger partial charge in [-0.2, -0.15) is 0 Å². The Labute approximate surface area is 197 Å².